The Balaban J connectivity index is 0.000000213. The van der Waals surface area contributed by atoms with Crippen molar-refractivity contribution in [3.05, 3.63) is 79.5 Å². The Hall–Kier alpha value is -3.68. The Bertz CT molecular complexity index is 1770. The Morgan fingerprint density at radius 3 is 2.34 bits per heavy atom. The smallest absolute Gasteiger partial charge is 0.363 e. The molecule has 1 aliphatic heterocycles. The van der Waals surface area contributed by atoms with Gasteiger partial charge in [0.05, 0.1) is 34.2 Å². The standard InChI is InChI=1S/C17H20ClN3O2.C16H20F3N3OS/c1-9-13(15(18)21(5)20-9)16(22)19-12-8-6-7-11-14(12)10(2)23-17(11,3)4;1-9(2)7-10(3)13-12(5-6-24-13)20-15(23)11-8-22(4)21-14(11)16(17,18)19/h6-8,10H,1-5H3,(H,19,22);5-6,8-10H,7H2,1-4H3,(H,20,23). The van der Waals surface area contributed by atoms with Crippen LogP contribution in [0.2, 0.25) is 5.15 Å². The van der Waals surface area contributed by atoms with Crippen molar-refractivity contribution in [2.75, 3.05) is 10.6 Å². The summed E-state index contributed by atoms with van der Waals surface area (Å²) < 4.78 is 47.5. The van der Waals surface area contributed by atoms with Gasteiger partial charge < -0.3 is 15.4 Å². The van der Waals surface area contributed by atoms with Crippen LogP contribution in [0.4, 0.5) is 24.5 Å². The average molecular weight is 693 g/mol. The molecule has 5 rings (SSSR count). The summed E-state index contributed by atoms with van der Waals surface area (Å²) >= 11 is 7.68. The van der Waals surface area contributed by atoms with Crippen molar-refractivity contribution >= 4 is 46.1 Å². The van der Waals surface area contributed by atoms with Gasteiger partial charge in [-0.1, -0.05) is 44.5 Å². The second-order valence-corrected chi connectivity index (χ2v) is 13.9. The van der Waals surface area contributed by atoms with E-state index in [1.807, 2.05) is 51.3 Å². The van der Waals surface area contributed by atoms with Crippen molar-refractivity contribution in [3.63, 3.8) is 0 Å². The van der Waals surface area contributed by atoms with Crippen molar-refractivity contribution in [2.24, 2.45) is 20.0 Å². The van der Waals surface area contributed by atoms with E-state index in [4.69, 9.17) is 16.3 Å². The first-order valence-electron chi connectivity index (χ1n) is 15.1. The topological polar surface area (TPSA) is 103 Å². The second kappa shape index (κ2) is 13.8. The molecule has 47 heavy (non-hydrogen) atoms. The van der Waals surface area contributed by atoms with Gasteiger partial charge in [0.15, 0.2) is 5.69 Å². The zero-order valence-corrected chi connectivity index (χ0v) is 29.4. The zero-order valence-electron chi connectivity index (χ0n) is 27.8. The number of fused-ring (bicyclic) bond motifs is 1. The molecular formula is C33H40ClF3N6O3S. The van der Waals surface area contributed by atoms with E-state index >= 15 is 0 Å². The number of alkyl halides is 3. The predicted octanol–water partition coefficient (Wildman–Crippen LogP) is 8.86. The molecule has 1 aromatic carbocycles. The van der Waals surface area contributed by atoms with Crippen molar-refractivity contribution in [2.45, 2.75) is 78.7 Å². The van der Waals surface area contributed by atoms with Crippen LogP contribution in [-0.4, -0.2) is 31.4 Å². The molecule has 0 saturated carbocycles. The third-order valence-corrected chi connectivity index (χ3v) is 9.40. The van der Waals surface area contributed by atoms with Crippen LogP contribution in [-0.2, 0) is 30.6 Å². The van der Waals surface area contributed by atoms with Gasteiger partial charge in [-0.25, -0.2) is 0 Å². The molecule has 9 nitrogen and oxygen atoms in total. The molecule has 14 heteroatoms. The molecule has 4 aromatic rings. The molecule has 0 saturated heterocycles. The number of ether oxygens (including phenoxy) is 1. The normalized spacial score (nSPS) is 16.0. The van der Waals surface area contributed by atoms with Crippen LogP contribution in [0.3, 0.4) is 0 Å². The monoisotopic (exact) mass is 692 g/mol. The molecule has 254 valence electrons. The van der Waals surface area contributed by atoms with E-state index in [2.05, 4.69) is 34.7 Å². The maximum atomic E-state index is 13.0. The number of anilines is 2. The zero-order chi connectivity index (χ0) is 35.0. The second-order valence-electron chi connectivity index (χ2n) is 12.6. The van der Waals surface area contributed by atoms with Gasteiger partial charge >= 0.3 is 6.18 Å². The third kappa shape index (κ3) is 7.90. The van der Waals surface area contributed by atoms with Gasteiger partial charge in [-0.15, -0.1) is 11.3 Å². The van der Waals surface area contributed by atoms with E-state index in [9.17, 15) is 22.8 Å². The minimum absolute atomic E-state index is 0.0815. The van der Waals surface area contributed by atoms with Gasteiger partial charge in [0, 0.05) is 36.4 Å². The molecular weight excluding hydrogens is 653 g/mol. The number of rotatable bonds is 7. The van der Waals surface area contributed by atoms with Crippen molar-refractivity contribution in [1.82, 2.24) is 19.6 Å². The molecule has 0 radical (unpaired) electrons. The summed E-state index contributed by atoms with van der Waals surface area (Å²) in [4.78, 5) is 25.9. The fourth-order valence-electron chi connectivity index (χ4n) is 5.95. The summed E-state index contributed by atoms with van der Waals surface area (Å²) in [5.41, 5.74) is 2.43. The molecule has 2 atom stereocenters. The Morgan fingerprint density at radius 2 is 1.74 bits per heavy atom. The van der Waals surface area contributed by atoms with E-state index < -0.39 is 23.3 Å². The lowest BCUT2D eigenvalue weighted by molar-refractivity contribution is -0.141. The van der Waals surface area contributed by atoms with Gasteiger partial charge in [-0.2, -0.15) is 23.4 Å². The number of amides is 2. The van der Waals surface area contributed by atoms with Crippen LogP contribution in [0.15, 0.2) is 35.8 Å². The van der Waals surface area contributed by atoms with Gasteiger partial charge in [0.1, 0.15) is 5.15 Å². The van der Waals surface area contributed by atoms with Crippen LogP contribution in [0.25, 0.3) is 0 Å². The molecule has 1 aliphatic rings. The van der Waals surface area contributed by atoms with Gasteiger partial charge in [0.25, 0.3) is 11.8 Å². The first kappa shape index (κ1) is 36.2. The van der Waals surface area contributed by atoms with E-state index in [0.29, 0.717) is 28.0 Å². The molecule has 2 amide bonds. The summed E-state index contributed by atoms with van der Waals surface area (Å²) in [7, 11) is 3.07. The van der Waals surface area contributed by atoms with Gasteiger partial charge in [-0.05, 0) is 69.0 Å². The Kier molecular flexibility index (Phi) is 10.6. The fraction of sp³-hybridized carbons (Fsp3) is 0.455. The minimum atomic E-state index is -4.67. The first-order valence-corrected chi connectivity index (χ1v) is 16.4. The van der Waals surface area contributed by atoms with Crippen LogP contribution in [0.5, 0.6) is 0 Å². The minimum Gasteiger partial charge on any atom is -0.363 e. The van der Waals surface area contributed by atoms with E-state index in [1.54, 1.807) is 20.0 Å². The lowest BCUT2D eigenvalue weighted by Gasteiger charge is -2.19. The van der Waals surface area contributed by atoms with Gasteiger partial charge in [0.2, 0.25) is 0 Å². The number of nitrogens with zero attached hydrogens (tertiary/aromatic N) is 4. The fourth-order valence-corrected chi connectivity index (χ4v) is 7.13. The number of aromatic nitrogens is 4. The number of carbonyl (C=O) groups is 2. The molecule has 0 bridgehead atoms. The highest BCUT2D eigenvalue weighted by atomic mass is 35.5. The van der Waals surface area contributed by atoms with Crippen LogP contribution >= 0.6 is 22.9 Å². The predicted molar refractivity (Wildman–Crippen MR) is 178 cm³/mol. The quantitative estimate of drug-likeness (QED) is 0.201. The molecule has 3 aromatic heterocycles. The molecule has 4 heterocycles. The number of aryl methyl sites for hydroxylation is 3. The summed E-state index contributed by atoms with van der Waals surface area (Å²) in [5.74, 6) is -0.352. The number of halogens is 4. The lowest BCUT2D eigenvalue weighted by atomic mass is 9.93. The first-order chi connectivity index (χ1) is 21.8. The molecule has 0 fully saturated rings. The Labute approximate surface area is 281 Å². The summed E-state index contributed by atoms with van der Waals surface area (Å²) in [6, 6.07) is 7.57. The highest BCUT2D eigenvalue weighted by Gasteiger charge is 2.39. The van der Waals surface area contributed by atoms with Gasteiger partial charge in [-0.3, -0.25) is 19.0 Å². The molecule has 0 aliphatic carbocycles. The largest absolute Gasteiger partial charge is 0.435 e. The van der Waals surface area contributed by atoms with Crippen LogP contribution < -0.4 is 10.6 Å². The Morgan fingerprint density at radius 1 is 1.09 bits per heavy atom. The lowest BCUT2D eigenvalue weighted by Crippen LogP contribution is -2.18. The third-order valence-electron chi connectivity index (χ3n) is 7.82. The maximum Gasteiger partial charge on any atom is 0.435 e. The maximum absolute atomic E-state index is 13.0. The summed E-state index contributed by atoms with van der Waals surface area (Å²) in [5, 5.41) is 15.3. The molecule has 2 unspecified atom stereocenters. The van der Waals surface area contributed by atoms with Crippen molar-refractivity contribution in [3.8, 4) is 0 Å². The highest BCUT2D eigenvalue weighted by molar-refractivity contribution is 7.10. The van der Waals surface area contributed by atoms with Crippen LogP contribution in [0, 0.1) is 12.8 Å². The van der Waals surface area contributed by atoms with Crippen molar-refractivity contribution < 1.29 is 27.5 Å². The van der Waals surface area contributed by atoms with E-state index in [-0.39, 0.29) is 23.5 Å². The molecule has 0 spiro atoms. The van der Waals surface area contributed by atoms with E-state index in [1.165, 1.54) is 23.1 Å². The number of thiophene rings is 1. The number of benzene rings is 1. The van der Waals surface area contributed by atoms with Crippen LogP contribution in [0.1, 0.15) is 108 Å². The number of hydrogen-bond donors (Lipinski definition) is 2. The van der Waals surface area contributed by atoms with E-state index in [0.717, 1.165) is 39.0 Å². The number of nitrogens with one attached hydrogen (secondary N) is 2. The number of carbonyl (C=O) groups excluding carboxylic acids is 2. The average Bonchev–Trinajstić information content (AvgIpc) is 3.69. The van der Waals surface area contributed by atoms with Crippen molar-refractivity contribution in [1.29, 1.82) is 0 Å². The SMILES string of the molecule is CC(C)CC(C)c1sccc1NC(=O)c1cn(C)nc1C(F)(F)F.Cc1nn(C)c(Cl)c1C(=O)Nc1cccc2c1C(C)OC2(C)C. The highest BCUT2D eigenvalue weighted by Crippen LogP contribution is 2.46. The summed E-state index contributed by atoms with van der Waals surface area (Å²) in [6.45, 7) is 14.1. The molecule has 2 N–H and O–H groups in total. The number of hydrogen-bond acceptors (Lipinski definition) is 6. The summed E-state index contributed by atoms with van der Waals surface area (Å²) in [6.07, 6.45) is -2.73.